The second kappa shape index (κ2) is 7.38. The quantitative estimate of drug-likeness (QED) is 0.740. The molecule has 23 heavy (non-hydrogen) atoms. The molecule has 0 aliphatic rings. The van der Waals surface area contributed by atoms with Gasteiger partial charge in [-0.2, -0.15) is 4.09 Å². The summed E-state index contributed by atoms with van der Waals surface area (Å²) in [6.45, 7) is 2.09. The highest BCUT2D eigenvalue weighted by atomic mass is 32.2. The van der Waals surface area contributed by atoms with Gasteiger partial charge in [-0.25, -0.2) is 9.97 Å². The van der Waals surface area contributed by atoms with Crippen molar-refractivity contribution in [1.82, 2.24) is 19.2 Å². The maximum Gasteiger partial charge on any atom is 0.256 e. The molecular weight excluding hydrogens is 330 g/mol. The van der Waals surface area contributed by atoms with Crippen LogP contribution in [0.25, 0.3) is 0 Å². The van der Waals surface area contributed by atoms with Gasteiger partial charge in [-0.15, -0.1) is 5.10 Å². The third-order valence-corrected chi connectivity index (χ3v) is 4.73. The maximum atomic E-state index is 12.1. The lowest BCUT2D eigenvalue weighted by Gasteiger charge is -2.00. The van der Waals surface area contributed by atoms with Crippen molar-refractivity contribution in [3.05, 3.63) is 54.2 Å². The van der Waals surface area contributed by atoms with Crippen LogP contribution in [0.4, 0.5) is 5.00 Å². The van der Waals surface area contributed by atoms with Crippen LogP contribution in [0.15, 0.2) is 47.2 Å². The number of hydrogen-bond donors (Lipinski definition) is 1. The van der Waals surface area contributed by atoms with Gasteiger partial charge in [-0.05, 0) is 18.6 Å². The van der Waals surface area contributed by atoms with Crippen LogP contribution in [-0.4, -0.2) is 25.1 Å². The first kappa shape index (κ1) is 15.7. The molecule has 0 bridgehead atoms. The van der Waals surface area contributed by atoms with E-state index in [1.807, 2.05) is 18.2 Å². The average Bonchev–Trinajstić information content (AvgIpc) is 3.19. The van der Waals surface area contributed by atoms with Crippen molar-refractivity contribution >= 4 is 34.2 Å². The predicted molar refractivity (Wildman–Crippen MR) is 91.8 cm³/mol. The highest BCUT2D eigenvalue weighted by molar-refractivity contribution is 7.99. The van der Waals surface area contributed by atoms with Crippen molar-refractivity contribution in [2.45, 2.75) is 24.1 Å². The molecule has 1 amide bonds. The number of thiazole rings is 1. The first-order valence-electron chi connectivity index (χ1n) is 7.15. The van der Waals surface area contributed by atoms with E-state index in [0.717, 1.165) is 23.0 Å². The minimum atomic E-state index is -0.142. The van der Waals surface area contributed by atoms with Gasteiger partial charge >= 0.3 is 0 Å². The Labute approximate surface area is 142 Å². The molecule has 0 atom stereocenters. The Bertz CT molecular complexity index is 784. The van der Waals surface area contributed by atoms with Crippen LogP contribution < -0.4 is 5.32 Å². The van der Waals surface area contributed by atoms with Crippen LogP contribution in [0.3, 0.4) is 0 Å². The smallest absolute Gasteiger partial charge is 0.256 e. The van der Waals surface area contributed by atoms with Gasteiger partial charge in [0.05, 0.1) is 6.20 Å². The van der Waals surface area contributed by atoms with Crippen molar-refractivity contribution < 1.29 is 4.79 Å². The second-order valence-electron chi connectivity index (χ2n) is 4.72. The molecule has 0 unspecified atom stereocenters. The molecule has 3 rings (SSSR count). The Kier molecular flexibility index (Phi) is 5.04. The summed E-state index contributed by atoms with van der Waals surface area (Å²) in [5, 5.41) is 7.91. The normalized spacial score (nSPS) is 10.7. The largest absolute Gasteiger partial charge is 0.312 e. The molecule has 0 aliphatic heterocycles. The van der Waals surface area contributed by atoms with Crippen LogP contribution in [-0.2, 0) is 6.42 Å². The fraction of sp³-hybridized carbons (Fsp3) is 0.200. The number of aryl methyl sites for hydroxylation is 1. The molecule has 0 spiro atoms. The van der Waals surface area contributed by atoms with Crippen LogP contribution in [0.1, 0.15) is 29.5 Å². The summed E-state index contributed by atoms with van der Waals surface area (Å²) in [6.07, 6.45) is 5.21. The molecule has 0 saturated carbocycles. The Morgan fingerprint density at radius 2 is 2.13 bits per heavy atom. The molecule has 3 aromatic rings. The fourth-order valence-corrected chi connectivity index (χ4v) is 3.55. The van der Waals surface area contributed by atoms with Crippen molar-refractivity contribution in [2.75, 3.05) is 5.32 Å². The summed E-state index contributed by atoms with van der Waals surface area (Å²) in [6, 6.07) is 9.10. The summed E-state index contributed by atoms with van der Waals surface area (Å²) < 4.78 is 2.48. The molecule has 118 valence electrons. The zero-order valence-corrected chi connectivity index (χ0v) is 14.1. The molecule has 0 fully saturated rings. The molecule has 2 heterocycles. The van der Waals surface area contributed by atoms with Gasteiger partial charge in [0.2, 0.25) is 0 Å². The zero-order valence-electron chi connectivity index (χ0n) is 12.5. The lowest BCUT2D eigenvalue weighted by Crippen LogP contribution is -2.10. The standard InChI is InChI=1S/C15H15N5OS2/c1-2-6-12-17-10-20(19-12)23-15-16-9-13(22-15)18-14(21)11-7-4-3-5-8-11/h3-5,7-10H,2,6H2,1H3,(H,18,21). The van der Waals surface area contributed by atoms with E-state index in [-0.39, 0.29) is 5.91 Å². The second-order valence-corrected chi connectivity index (χ2v) is 6.95. The highest BCUT2D eigenvalue weighted by Gasteiger charge is 2.10. The van der Waals surface area contributed by atoms with Crippen LogP contribution in [0, 0.1) is 0 Å². The molecule has 0 aliphatic carbocycles. The van der Waals surface area contributed by atoms with Gasteiger partial charge in [0.25, 0.3) is 5.91 Å². The number of nitrogens with zero attached hydrogens (tertiary/aromatic N) is 4. The molecule has 0 saturated heterocycles. The van der Waals surface area contributed by atoms with Gasteiger partial charge in [-0.1, -0.05) is 36.5 Å². The van der Waals surface area contributed by atoms with Crippen molar-refractivity contribution in [2.24, 2.45) is 0 Å². The molecular formula is C15H15N5OS2. The molecule has 1 N–H and O–H groups in total. The van der Waals surface area contributed by atoms with Gasteiger partial charge in [-0.3, -0.25) is 4.79 Å². The number of nitrogens with one attached hydrogen (secondary N) is 1. The number of carbonyl (C=O) groups excluding carboxylic acids is 1. The van der Waals surface area contributed by atoms with E-state index in [1.54, 1.807) is 28.7 Å². The van der Waals surface area contributed by atoms with Gasteiger partial charge in [0.15, 0.2) is 10.2 Å². The number of aromatic nitrogens is 4. The Morgan fingerprint density at radius 1 is 1.30 bits per heavy atom. The minimum absolute atomic E-state index is 0.142. The fourth-order valence-electron chi connectivity index (χ4n) is 1.88. The van der Waals surface area contributed by atoms with E-state index < -0.39 is 0 Å². The molecule has 2 aromatic heterocycles. The zero-order chi connectivity index (χ0) is 16.1. The van der Waals surface area contributed by atoms with E-state index in [4.69, 9.17) is 0 Å². The van der Waals surface area contributed by atoms with Crippen LogP contribution >= 0.6 is 23.3 Å². The number of hydrogen-bond acceptors (Lipinski definition) is 6. The Balaban J connectivity index is 1.62. The summed E-state index contributed by atoms with van der Waals surface area (Å²) in [5.41, 5.74) is 0.621. The third kappa shape index (κ3) is 4.17. The van der Waals surface area contributed by atoms with Gasteiger partial charge < -0.3 is 5.32 Å². The average molecular weight is 345 g/mol. The monoisotopic (exact) mass is 345 g/mol. The van der Waals surface area contributed by atoms with E-state index in [0.29, 0.717) is 10.6 Å². The Morgan fingerprint density at radius 3 is 2.91 bits per heavy atom. The number of rotatable bonds is 6. The first-order valence-corrected chi connectivity index (χ1v) is 8.74. The van der Waals surface area contributed by atoms with Crippen molar-refractivity contribution in [3.63, 3.8) is 0 Å². The Hall–Kier alpha value is -2.19. The number of anilines is 1. The van der Waals surface area contributed by atoms with E-state index in [1.165, 1.54) is 23.3 Å². The van der Waals surface area contributed by atoms with Gasteiger partial charge in [0, 0.05) is 23.9 Å². The van der Waals surface area contributed by atoms with Crippen LogP contribution in [0.5, 0.6) is 0 Å². The predicted octanol–water partition coefficient (Wildman–Crippen LogP) is 3.49. The maximum absolute atomic E-state index is 12.1. The summed E-state index contributed by atoms with van der Waals surface area (Å²) in [4.78, 5) is 20.6. The minimum Gasteiger partial charge on any atom is -0.312 e. The SMILES string of the molecule is CCCc1ncn(Sc2ncc(NC(=O)c3ccccc3)s2)n1. The molecule has 0 radical (unpaired) electrons. The first-order chi connectivity index (χ1) is 11.2. The number of benzene rings is 1. The summed E-state index contributed by atoms with van der Waals surface area (Å²) >= 11 is 2.78. The topological polar surface area (TPSA) is 72.7 Å². The lowest BCUT2D eigenvalue weighted by atomic mass is 10.2. The van der Waals surface area contributed by atoms with E-state index in [9.17, 15) is 4.79 Å². The lowest BCUT2D eigenvalue weighted by molar-refractivity contribution is 0.102. The van der Waals surface area contributed by atoms with E-state index >= 15 is 0 Å². The molecule has 8 heteroatoms. The van der Waals surface area contributed by atoms with Gasteiger partial charge in [0.1, 0.15) is 11.3 Å². The summed E-state index contributed by atoms with van der Waals surface area (Å²) in [7, 11) is 0. The van der Waals surface area contributed by atoms with Crippen LogP contribution in [0.2, 0.25) is 0 Å². The third-order valence-electron chi connectivity index (χ3n) is 2.92. The van der Waals surface area contributed by atoms with Crippen molar-refractivity contribution in [3.8, 4) is 0 Å². The molecule has 6 nitrogen and oxygen atoms in total. The summed E-state index contributed by atoms with van der Waals surface area (Å²) in [5.74, 6) is 0.686. The van der Waals surface area contributed by atoms with Crippen molar-refractivity contribution in [1.29, 1.82) is 0 Å². The highest BCUT2D eigenvalue weighted by Crippen LogP contribution is 2.28. The number of carbonyl (C=O) groups is 1. The number of amides is 1. The molecule has 1 aromatic carbocycles. The van der Waals surface area contributed by atoms with E-state index in [2.05, 4.69) is 27.3 Å².